The Kier molecular flexibility index (Phi) is 7.68. The van der Waals surface area contributed by atoms with Crippen LogP contribution in [-0.2, 0) is 24.2 Å². The Morgan fingerprint density at radius 2 is 1.54 bits per heavy atom. The second-order valence-corrected chi connectivity index (χ2v) is 7.03. The number of hydrazone groups is 1. The monoisotopic (exact) mass is 378 g/mol. The molecule has 0 aliphatic rings. The first-order chi connectivity index (χ1) is 13.4. The molecule has 1 amide bonds. The number of Topliss-reactive ketones (excluding diaryl/α,β-unsaturated/α-hetero) is 1. The lowest BCUT2D eigenvalue weighted by atomic mass is 9.92. The summed E-state index contributed by atoms with van der Waals surface area (Å²) >= 11 is 0. The van der Waals surface area contributed by atoms with E-state index in [-0.39, 0.29) is 6.54 Å². The number of hydrogen-bond acceptors (Lipinski definition) is 3. The molecule has 4 heteroatoms. The number of carbonyl (C=O) groups excluding carboxylic acids is 2. The summed E-state index contributed by atoms with van der Waals surface area (Å²) in [6.45, 7) is 10.2. The maximum Gasteiger partial charge on any atom is 0.315 e. The first kappa shape index (κ1) is 21.5. The second kappa shape index (κ2) is 9.98. The summed E-state index contributed by atoms with van der Waals surface area (Å²) < 4.78 is 0. The Bertz CT molecular complexity index is 844. The van der Waals surface area contributed by atoms with Crippen molar-refractivity contribution in [2.24, 2.45) is 5.10 Å². The molecule has 2 aromatic carbocycles. The number of benzene rings is 2. The Hall–Kier alpha value is -2.75. The van der Waals surface area contributed by atoms with Gasteiger partial charge in [-0.3, -0.25) is 9.59 Å². The quantitative estimate of drug-likeness (QED) is 0.277. The lowest BCUT2D eigenvalue weighted by molar-refractivity contribution is -0.127. The van der Waals surface area contributed by atoms with Gasteiger partial charge >= 0.3 is 5.91 Å². The summed E-state index contributed by atoms with van der Waals surface area (Å²) in [7, 11) is 0. The summed E-state index contributed by atoms with van der Waals surface area (Å²) in [5, 5.41) is 5.76. The summed E-state index contributed by atoms with van der Waals surface area (Å²) in [4.78, 5) is 26.4. The van der Waals surface area contributed by atoms with E-state index in [2.05, 4.69) is 5.10 Å². The summed E-state index contributed by atoms with van der Waals surface area (Å²) in [6.07, 6.45) is 2.13. The molecule has 0 aliphatic heterocycles. The average Bonchev–Trinajstić information content (AvgIpc) is 2.71. The van der Waals surface area contributed by atoms with Gasteiger partial charge in [0.1, 0.15) is 0 Å². The fourth-order valence-corrected chi connectivity index (χ4v) is 3.20. The normalized spacial score (nSPS) is 11.4. The molecule has 2 aromatic rings. The number of rotatable bonds is 8. The van der Waals surface area contributed by atoms with Crippen LogP contribution in [0.15, 0.2) is 47.6 Å². The van der Waals surface area contributed by atoms with E-state index in [0.29, 0.717) is 18.4 Å². The van der Waals surface area contributed by atoms with Crippen LogP contribution < -0.4 is 0 Å². The summed E-state index contributed by atoms with van der Waals surface area (Å²) in [5.74, 6) is -1.05. The van der Waals surface area contributed by atoms with E-state index in [0.717, 1.165) is 34.4 Å². The van der Waals surface area contributed by atoms with E-state index in [1.165, 1.54) is 5.01 Å². The molecule has 0 radical (unpaired) electrons. The number of ketones is 1. The number of amides is 1. The number of carbonyl (C=O) groups is 2. The maximum absolute atomic E-state index is 13.3. The van der Waals surface area contributed by atoms with Crippen molar-refractivity contribution in [2.75, 3.05) is 0 Å². The number of hydrogen-bond donors (Lipinski definition) is 0. The third kappa shape index (κ3) is 5.16. The lowest BCUT2D eigenvalue weighted by Gasteiger charge is -2.20. The van der Waals surface area contributed by atoms with Crippen molar-refractivity contribution in [3.63, 3.8) is 0 Å². The zero-order valence-electron chi connectivity index (χ0n) is 17.6. The molecule has 0 aliphatic carbocycles. The van der Waals surface area contributed by atoms with Gasteiger partial charge in [-0.2, -0.15) is 5.10 Å². The highest BCUT2D eigenvalue weighted by Crippen LogP contribution is 2.21. The minimum atomic E-state index is -0.579. The molecule has 2 rings (SSSR count). The van der Waals surface area contributed by atoms with Crippen LogP contribution >= 0.6 is 0 Å². The van der Waals surface area contributed by atoms with Crippen molar-refractivity contribution in [1.82, 2.24) is 5.01 Å². The van der Waals surface area contributed by atoms with Gasteiger partial charge in [-0.1, -0.05) is 68.8 Å². The Morgan fingerprint density at radius 1 is 0.964 bits per heavy atom. The van der Waals surface area contributed by atoms with Crippen LogP contribution in [0.4, 0.5) is 0 Å². The van der Waals surface area contributed by atoms with Crippen molar-refractivity contribution in [3.8, 4) is 0 Å². The topological polar surface area (TPSA) is 49.7 Å². The maximum atomic E-state index is 13.3. The molecular weight excluding hydrogens is 348 g/mol. The Labute approximate surface area is 168 Å². The molecule has 0 aromatic heterocycles. The second-order valence-electron chi connectivity index (χ2n) is 7.03. The molecule has 0 spiro atoms. The molecule has 0 heterocycles. The van der Waals surface area contributed by atoms with Gasteiger partial charge in [-0.15, -0.1) is 0 Å². The zero-order chi connectivity index (χ0) is 20.7. The van der Waals surface area contributed by atoms with Gasteiger partial charge in [0.15, 0.2) is 0 Å². The highest BCUT2D eigenvalue weighted by molar-refractivity contribution is 6.43. The molecule has 0 saturated carbocycles. The van der Waals surface area contributed by atoms with Crippen molar-refractivity contribution in [2.45, 2.75) is 60.4 Å². The smallest absolute Gasteiger partial charge is 0.283 e. The molecule has 0 saturated heterocycles. The molecule has 0 N–H and O–H groups in total. The van der Waals surface area contributed by atoms with Gasteiger partial charge in [0.05, 0.1) is 6.54 Å². The Balaban J connectivity index is 2.45. The average molecular weight is 379 g/mol. The zero-order valence-corrected chi connectivity index (χ0v) is 17.6. The number of nitrogens with zero attached hydrogens (tertiary/aromatic N) is 2. The molecule has 0 atom stereocenters. The third-order valence-corrected chi connectivity index (χ3v) is 4.84. The fourth-order valence-electron chi connectivity index (χ4n) is 3.20. The first-order valence-electron chi connectivity index (χ1n) is 9.97. The van der Waals surface area contributed by atoms with E-state index >= 15 is 0 Å². The molecule has 28 heavy (non-hydrogen) atoms. The highest BCUT2D eigenvalue weighted by Gasteiger charge is 2.27. The molecule has 148 valence electrons. The van der Waals surface area contributed by atoms with Gasteiger partial charge in [0, 0.05) is 11.3 Å². The fraction of sp³-hybridized carbons (Fsp3) is 0.375. The van der Waals surface area contributed by atoms with Gasteiger partial charge in [-0.25, -0.2) is 5.01 Å². The van der Waals surface area contributed by atoms with Crippen LogP contribution in [0, 0.1) is 6.92 Å². The van der Waals surface area contributed by atoms with Crippen molar-refractivity contribution in [3.05, 3.63) is 70.3 Å². The molecule has 0 bridgehead atoms. The predicted molar refractivity (Wildman–Crippen MR) is 115 cm³/mol. The van der Waals surface area contributed by atoms with Crippen LogP contribution in [-0.4, -0.2) is 22.4 Å². The van der Waals surface area contributed by atoms with Crippen LogP contribution in [0.3, 0.4) is 0 Å². The van der Waals surface area contributed by atoms with Crippen LogP contribution in [0.1, 0.15) is 66.7 Å². The van der Waals surface area contributed by atoms with Gasteiger partial charge in [0.2, 0.25) is 0 Å². The van der Waals surface area contributed by atoms with Crippen LogP contribution in [0.25, 0.3) is 0 Å². The predicted octanol–water partition coefficient (Wildman–Crippen LogP) is 5.12. The van der Waals surface area contributed by atoms with E-state index < -0.39 is 11.7 Å². The summed E-state index contributed by atoms with van der Waals surface area (Å²) in [6, 6.07) is 13.6. The van der Waals surface area contributed by atoms with Crippen LogP contribution in [0.5, 0.6) is 0 Å². The third-order valence-electron chi connectivity index (χ3n) is 4.84. The van der Waals surface area contributed by atoms with Crippen molar-refractivity contribution >= 4 is 17.4 Å². The van der Waals surface area contributed by atoms with Gasteiger partial charge < -0.3 is 0 Å². The first-order valence-corrected chi connectivity index (χ1v) is 9.97. The van der Waals surface area contributed by atoms with Gasteiger partial charge in [0.25, 0.3) is 5.78 Å². The van der Waals surface area contributed by atoms with Crippen LogP contribution in [0.2, 0.25) is 0 Å². The van der Waals surface area contributed by atoms with Crippen molar-refractivity contribution in [1.29, 1.82) is 0 Å². The largest absolute Gasteiger partial charge is 0.315 e. The Morgan fingerprint density at radius 3 is 2.04 bits per heavy atom. The summed E-state index contributed by atoms with van der Waals surface area (Å²) in [5.41, 5.74) is 5.25. The molecule has 0 fully saturated rings. The minimum Gasteiger partial charge on any atom is -0.283 e. The molecule has 4 nitrogen and oxygen atoms in total. The molecular formula is C24H30N2O2. The van der Waals surface area contributed by atoms with E-state index in [1.54, 1.807) is 0 Å². The SMILES string of the molecule is CC/C(C)=N\N(Cc1ccccc1)C(=O)C(=O)c1c(CC)cc(C)cc1CC. The van der Waals surface area contributed by atoms with E-state index in [9.17, 15) is 9.59 Å². The molecule has 0 unspecified atom stereocenters. The highest BCUT2D eigenvalue weighted by atomic mass is 16.2. The number of aryl methyl sites for hydroxylation is 3. The van der Waals surface area contributed by atoms with Gasteiger partial charge in [-0.05, 0) is 49.8 Å². The van der Waals surface area contributed by atoms with Crippen molar-refractivity contribution < 1.29 is 9.59 Å². The van der Waals surface area contributed by atoms with E-state index in [4.69, 9.17) is 0 Å². The standard InChI is InChI=1S/C24H30N2O2/c1-6-18(5)25-26(16-19-12-10-9-11-13-19)24(28)23(27)22-20(7-2)14-17(4)15-21(22)8-3/h9-15H,6-8,16H2,1-5H3/b25-18-. The minimum absolute atomic E-state index is 0.275. The lowest BCUT2D eigenvalue weighted by Crippen LogP contribution is -2.34. The van der Waals surface area contributed by atoms with E-state index in [1.807, 2.05) is 77.1 Å².